The molecule has 0 atom stereocenters. The van der Waals surface area contributed by atoms with Gasteiger partial charge in [0.15, 0.2) is 5.82 Å². The largest absolute Gasteiger partial charge is 0.417 e. The summed E-state index contributed by atoms with van der Waals surface area (Å²) in [4.78, 5) is 14.4. The maximum absolute atomic E-state index is 12.7. The molecule has 96 valence electrons. The lowest BCUT2D eigenvalue weighted by Crippen LogP contribution is -2.28. The summed E-state index contributed by atoms with van der Waals surface area (Å²) in [5.41, 5.74) is 2.58. The van der Waals surface area contributed by atoms with E-state index in [1.165, 1.54) is 19.9 Å². The highest BCUT2D eigenvalue weighted by molar-refractivity contribution is 5.75. The van der Waals surface area contributed by atoms with Gasteiger partial charge in [-0.25, -0.2) is 4.98 Å². The molecule has 0 unspecified atom stereocenters. The molecular weight excluding hydrogens is 249 g/mol. The molecule has 1 aromatic rings. The standard InChI is InChI=1S/C10H9F3N4O/c1-5-3-8(10(11,12)13)7(4-14)9(15-5)17-16-6(2)18/h3H,1-2H3,(H,15,17)(H,16,18). The quantitative estimate of drug-likeness (QED) is 0.792. The summed E-state index contributed by atoms with van der Waals surface area (Å²) in [5.74, 6) is -0.851. The Bertz CT molecular complexity index is 519. The Hall–Kier alpha value is -2.30. The lowest BCUT2D eigenvalue weighted by molar-refractivity contribution is -0.137. The number of carbonyl (C=O) groups excluding carboxylic acids is 1. The third kappa shape index (κ3) is 3.10. The van der Waals surface area contributed by atoms with Crippen LogP contribution < -0.4 is 10.9 Å². The molecule has 0 spiro atoms. The van der Waals surface area contributed by atoms with E-state index in [-0.39, 0.29) is 11.5 Å². The van der Waals surface area contributed by atoms with E-state index in [2.05, 4.69) is 15.8 Å². The maximum atomic E-state index is 12.7. The third-order valence-corrected chi connectivity index (χ3v) is 1.92. The molecule has 0 saturated carbocycles. The van der Waals surface area contributed by atoms with Gasteiger partial charge in [-0.15, -0.1) is 0 Å². The van der Waals surface area contributed by atoms with E-state index in [1.807, 2.05) is 0 Å². The van der Waals surface area contributed by atoms with E-state index in [1.54, 1.807) is 0 Å². The molecule has 1 aromatic heterocycles. The smallest absolute Gasteiger partial charge is 0.281 e. The monoisotopic (exact) mass is 258 g/mol. The highest BCUT2D eigenvalue weighted by atomic mass is 19.4. The normalized spacial score (nSPS) is 10.7. The van der Waals surface area contributed by atoms with Crippen LogP contribution in [0.4, 0.5) is 19.0 Å². The lowest BCUT2D eigenvalue weighted by atomic mass is 10.1. The molecule has 0 aliphatic carbocycles. The number of amides is 1. The van der Waals surface area contributed by atoms with E-state index in [0.717, 1.165) is 6.07 Å². The number of aryl methyl sites for hydroxylation is 1. The summed E-state index contributed by atoms with van der Waals surface area (Å²) in [7, 11) is 0. The van der Waals surface area contributed by atoms with E-state index in [4.69, 9.17) is 5.26 Å². The Kier molecular flexibility index (Phi) is 3.76. The number of anilines is 1. The molecule has 18 heavy (non-hydrogen) atoms. The zero-order valence-corrected chi connectivity index (χ0v) is 9.51. The number of nitrogens with one attached hydrogen (secondary N) is 2. The van der Waals surface area contributed by atoms with Gasteiger partial charge in [0.25, 0.3) is 0 Å². The van der Waals surface area contributed by atoms with Crippen LogP contribution in [0.3, 0.4) is 0 Å². The number of hydrazine groups is 1. The average Bonchev–Trinajstić information content (AvgIpc) is 2.24. The Morgan fingerprint density at radius 2 is 2.11 bits per heavy atom. The molecule has 0 saturated heterocycles. The van der Waals surface area contributed by atoms with Gasteiger partial charge in [0.05, 0.1) is 5.56 Å². The van der Waals surface area contributed by atoms with Crippen LogP contribution in [0.15, 0.2) is 6.07 Å². The van der Waals surface area contributed by atoms with E-state index in [0.29, 0.717) is 0 Å². The minimum absolute atomic E-state index is 0.0779. The summed E-state index contributed by atoms with van der Waals surface area (Å²) in [5, 5.41) is 8.78. The predicted molar refractivity (Wildman–Crippen MR) is 56.1 cm³/mol. The van der Waals surface area contributed by atoms with E-state index >= 15 is 0 Å². The van der Waals surface area contributed by atoms with Crippen molar-refractivity contribution in [1.82, 2.24) is 10.4 Å². The van der Waals surface area contributed by atoms with Gasteiger partial charge in [0.1, 0.15) is 11.6 Å². The maximum Gasteiger partial charge on any atom is 0.417 e. The molecule has 0 bridgehead atoms. The predicted octanol–water partition coefficient (Wildman–Crippen LogP) is 1.74. The zero-order valence-electron chi connectivity index (χ0n) is 9.51. The van der Waals surface area contributed by atoms with Gasteiger partial charge in [0.2, 0.25) is 5.91 Å². The Balaban J connectivity index is 3.30. The van der Waals surface area contributed by atoms with Crippen LogP contribution >= 0.6 is 0 Å². The zero-order chi connectivity index (χ0) is 13.9. The van der Waals surface area contributed by atoms with Crippen LogP contribution in [0, 0.1) is 18.3 Å². The molecule has 1 amide bonds. The van der Waals surface area contributed by atoms with Crippen molar-refractivity contribution >= 4 is 11.7 Å². The Labute approximate surface area is 101 Å². The molecular formula is C10H9F3N4O. The fourth-order valence-electron chi connectivity index (χ4n) is 1.25. The van der Waals surface area contributed by atoms with Crippen LogP contribution in [0.1, 0.15) is 23.7 Å². The van der Waals surface area contributed by atoms with Crippen molar-refractivity contribution in [3.63, 3.8) is 0 Å². The minimum atomic E-state index is -4.66. The van der Waals surface area contributed by atoms with Crippen molar-refractivity contribution in [1.29, 1.82) is 5.26 Å². The first kappa shape index (κ1) is 13.8. The van der Waals surface area contributed by atoms with Crippen molar-refractivity contribution in [3.05, 3.63) is 22.9 Å². The second kappa shape index (κ2) is 4.91. The highest BCUT2D eigenvalue weighted by Gasteiger charge is 2.35. The number of alkyl halides is 3. The van der Waals surface area contributed by atoms with Gasteiger partial charge >= 0.3 is 6.18 Å². The van der Waals surface area contributed by atoms with Crippen LogP contribution in [0.5, 0.6) is 0 Å². The SMILES string of the molecule is CC(=O)NNc1nc(C)cc(C(F)(F)F)c1C#N. The Morgan fingerprint density at radius 1 is 1.50 bits per heavy atom. The highest BCUT2D eigenvalue weighted by Crippen LogP contribution is 2.34. The number of hydrogen-bond donors (Lipinski definition) is 2. The number of hydrogen-bond acceptors (Lipinski definition) is 4. The Morgan fingerprint density at radius 3 is 2.56 bits per heavy atom. The van der Waals surface area contributed by atoms with Crippen molar-refractivity contribution < 1.29 is 18.0 Å². The first-order valence-corrected chi connectivity index (χ1v) is 4.77. The van der Waals surface area contributed by atoms with Crippen molar-refractivity contribution in [2.24, 2.45) is 0 Å². The van der Waals surface area contributed by atoms with Gasteiger partial charge in [-0.2, -0.15) is 18.4 Å². The summed E-state index contributed by atoms with van der Waals surface area (Å²) in [6, 6.07) is 2.20. The molecule has 1 rings (SSSR count). The van der Waals surface area contributed by atoms with Gasteiger partial charge in [-0.1, -0.05) is 0 Å². The first-order valence-electron chi connectivity index (χ1n) is 4.77. The van der Waals surface area contributed by atoms with E-state index in [9.17, 15) is 18.0 Å². The molecule has 0 aliphatic rings. The average molecular weight is 258 g/mol. The molecule has 5 nitrogen and oxygen atoms in total. The van der Waals surface area contributed by atoms with E-state index < -0.39 is 23.2 Å². The fraction of sp³-hybridized carbons (Fsp3) is 0.300. The van der Waals surface area contributed by atoms with Crippen molar-refractivity contribution in [2.45, 2.75) is 20.0 Å². The minimum Gasteiger partial charge on any atom is -0.281 e. The van der Waals surface area contributed by atoms with Crippen LogP contribution in [0.2, 0.25) is 0 Å². The number of pyridine rings is 1. The fourth-order valence-corrected chi connectivity index (χ4v) is 1.25. The van der Waals surface area contributed by atoms with Gasteiger partial charge in [-0.05, 0) is 13.0 Å². The first-order chi connectivity index (χ1) is 8.25. The summed E-state index contributed by atoms with van der Waals surface area (Å²) < 4.78 is 38.1. The lowest BCUT2D eigenvalue weighted by Gasteiger charge is -2.14. The van der Waals surface area contributed by atoms with Crippen LogP contribution in [-0.2, 0) is 11.0 Å². The van der Waals surface area contributed by atoms with Gasteiger partial charge in [-0.3, -0.25) is 15.6 Å². The summed E-state index contributed by atoms with van der Waals surface area (Å²) in [6.07, 6.45) is -4.66. The van der Waals surface area contributed by atoms with Gasteiger partial charge in [0, 0.05) is 12.6 Å². The van der Waals surface area contributed by atoms with Gasteiger partial charge < -0.3 is 0 Å². The molecule has 8 heteroatoms. The number of aromatic nitrogens is 1. The summed E-state index contributed by atoms with van der Waals surface area (Å²) in [6.45, 7) is 2.52. The number of rotatable bonds is 2. The van der Waals surface area contributed by atoms with Crippen LogP contribution in [0.25, 0.3) is 0 Å². The molecule has 2 N–H and O–H groups in total. The molecule has 0 radical (unpaired) electrons. The second-order valence-corrected chi connectivity index (χ2v) is 3.45. The molecule has 0 aromatic carbocycles. The number of nitriles is 1. The number of halogens is 3. The second-order valence-electron chi connectivity index (χ2n) is 3.45. The third-order valence-electron chi connectivity index (χ3n) is 1.92. The van der Waals surface area contributed by atoms with Crippen LogP contribution in [-0.4, -0.2) is 10.9 Å². The number of nitrogens with zero attached hydrogens (tertiary/aromatic N) is 2. The summed E-state index contributed by atoms with van der Waals surface area (Å²) >= 11 is 0. The molecule has 0 aliphatic heterocycles. The number of carbonyl (C=O) groups is 1. The topological polar surface area (TPSA) is 77.8 Å². The molecule has 1 heterocycles. The van der Waals surface area contributed by atoms with Crippen molar-refractivity contribution in [2.75, 3.05) is 5.43 Å². The van der Waals surface area contributed by atoms with Crippen molar-refractivity contribution in [3.8, 4) is 6.07 Å². The molecule has 0 fully saturated rings.